The standard InChI is InChI=1S/C11H16N2O3S/c1-7(12)11(15)13-8(6-10(14)16-2)9-4-3-5-17-9/h3-5,7-8H,6,12H2,1-2H3,(H,13,15)/t7-,8?/m0/s1. The third-order valence-electron chi connectivity index (χ3n) is 2.22. The summed E-state index contributed by atoms with van der Waals surface area (Å²) in [4.78, 5) is 23.7. The number of hydrogen-bond acceptors (Lipinski definition) is 5. The molecule has 6 heteroatoms. The predicted molar refractivity (Wildman–Crippen MR) is 65.5 cm³/mol. The molecule has 1 unspecified atom stereocenters. The van der Waals surface area contributed by atoms with Crippen LogP contribution in [0.3, 0.4) is 0 Å². The number of hydrogen-bond donors (Lipinski definition) is 2. The van der Waals surface area contributed by atoms with Crippen molar-refractivity contribution in [2.45, 2.75) is 25.4 Å². The highest BCUT2D eigenvalue weighted by Crippen LogP contribution is 2.22. The fourth-order valence-corrected chi connectivity index (χ4v) is 2.04. The highest BCUT2D eigenvalue weighted by molar-refractivity contribution is 7.10. The maximum Gasteiger partial charge on any atom is 0.307 e. The van der Waals surface area contributed by atoms with E-state index in [9.17, 15) is 9.59 Å². The summed E-state index contributed by atoms with van der Waals surface area (Å²) in [7, 11) is 1.32. The SMILES string of the molecule is COC(=O)CC(NC(=O)[C@H](C)N)c1cccs1. The van der Waals surface area contributed by atoms with E-state index in [4.69, 9.17) is 5.73 Å². The van der Waals surface area contributed by atoms with Crippen molar-refractivity contribution in [3.8, 4) is 0 Å². The number of carbonyl (C=O) groups excluding carboxylic acids is 2. The highest BCUT2D eigenvalue weighted by Gasteiger charge is 2.20. The Bertz CT molecular complexity index is 376. The van der Waals surface area contributed by atoms with Crippen LogP contribution in [0.15, 0.2) is 17.5 Å². The minimum Gasteiger partial charge on any atom is -0.469 e. The zero-order chi connectivity index (χ0) is 12.8. The van der Waals surface area contributed by atoms with Gasteiger partial charge in [0.1, 0.15) is 0 Å². The van der Waals surface area contributed by atoms with Crippen molar-refractivity contribution >= 4 is 23.2 Å². The molecule has 1 aromatic rings. The van der Waals surface area contributed by atoms with Gasteiger partial charge in [-0.05, 0) is 18.4 Å². The van der Waals surface area contributed by atoms with E-state index in [0.717, 1.165) is 4.88 Å². The fourth-order valence-electron chi connectivity index (χ4n) is 1.27. The lowest BCUT2D eigenvalue weighted by Gasteiger charge is -2.17. The molecule has 5 nitrogen and oxygen atoms in total. The molecule has 94 valence electrons. The van der Waals surface area contributed by atoms with Gasteiger partial charge in [-0.3, -0.25) is 9.59 Å². The number of thiophene rings is 1. The van der Waals surface area contributed by atoms with E-state index in [-0.39, 0.29) is 24.3 Å². The van der Waals surface area contributed by atoms with Crippen LogP contribution in [0.5, 0.6) is 0 Å². The number of nitrogens with one attached hydrogen (secondary N) is 1. The van der Waals surface area contributed by atoms with Crippen molar-refractivity contribution < 1.29 is 14.3 Å². The second kappa shape index (κ2) is 6.36. The largest absolute Gasteiger partial charge is 0.469 e. The van der Waals surface area contributed by atoms with E-state index in [1.54, 1.807) is 6.92 Å². The molecule has 1 rings (SSSR count). The van der Waals surface area contributed by atoms with Gasteiger partial charge in [-0.1, -0.05) is 6.07 Å². The first kappa shape index (κ1) is 13.7. The first-order chi connectivity index (χ1) is 8.04. The summed E-state index contributed by atoms with van der Waals surface area (Å²) in [6.07, 6.45) is 0.107. The number of nitrogens with two attached hydrogens (primary N) is 1. The molecule has 1 amide bonds. The van der Waals surface area contributed by atoms with Crippen molar-refractivity contribution in [1.82, 2.24) is 5.32 Å². The quantitative estimate of drug-likeness (QED) is 0.764. The van der Waals surface area contributed by atoms with Gasteiger partial charge in [-0.15, -0.1) is 11.3 Å². The molecule has 0 aliphatic carbocycles. The highest BCUT2D eigenvalue weighted by atomic mass is 32.1. The fraction of sp³-hybridized carbons (Fsp3) is 0.455. The molecular weight excluding hydrogens is 240 g/mol. The topological polar surface area (TPSA) is 81.4 Å². The number of carbonyl (C=O) groups is 2. The van der Waals surface area contributed by atoms with Crippen LogP contribution < -0.4 is 11.1 Å². The van der Waals surface area contributed by atoms with Gasteiger partial charge in [0.15, 0.2) is 0 Å². The molecule has 0 radical (unpaired) electrons. The Morgan fingerprint density at radius 3 is 2.76 bits per heavy atom. The molecule has 3 N–H and O–H groups in total. The first-order valence-corrected chi connectivity index (χ1v) is 6.08. The second-order valence-corrected chi connectivity index (χ2v) is 4.62. The normalized spacial score (nSPS) is 13.8. The number of methoxy groups -OCH3 is 1. The van der Waals surface area contributed by atoms with E-state index in [0.29, 0.717) is 0 Å². The molecule has 0 bridgehead atoms. The Hall–Kier alpha value is -1.40. The molecule has 0 aliphatic rings. The average Bonchev–Trinajstić information content (AvgIpc) is 2.80. The van der Waals surface area contributed by atoms with E-state index in [1.807, 2.05) is 17.5 Å². The Morgan fingerprint density at radius 2 is 2.29 bits per heavy atom. The Labute approximate surface area is 104 Å². The van der Waals surface area contributed by atoms with E-state index < -0.39 is 6.04 Å². The van der Waals surface area contributed by atoms with Gasteiger partial charge in [0.25, 0.3) is 0 Å². The lowest BCUT2D eigenvalue weighted by molar-refractivity contribution is -0.141. The van der Waals surface area contributed by atoms with Crippen LogP contribution in [0.25, 0.3) is 0 Å². The van der Waals surface area contributed by atoms with Gasteiger partial charge >= 0.3 is 5.97 Å². The Balaban J connectivity index is 2.73. The van der Waals surface area contributed by atoms with Crippen LogP contribution in [0.2, 0.25) is 0 Å². The molecular formula is C11H16N2O3S. The number of amides is 1. The van der Waals surface area contributed by atoms with Gasteiger partial charge < -0.3 is 15.8 Å². The smallest absolute Gasteiger partial charge is 0.307 e. The molecule has 0 aliphatic heterocycles. The summed E-state index contributed by atoms with van der Waals surface area (Å²) in [5.41, 5.74) is 5.48. The lowest BCUT2D eigenvalue weighted by Crippen LogP contribution is -2.40. The monoisotopic (exact) mass is 256 g/mol. The molecule has 1 aromatic heterocycles. The minimum absolute atomic E-state index is 0.107. The third-order valence-corrected chi connectivity index (χ3v) is 3.20. The molecule has 0 saturated carbocycles. The molecule has 2 atom stereocenters. The molecule has 1 heterocycles. The number of ether oxygens (including phenoxy) is 1. The van der Waals surface area contributed by atoms with Crippen LogP contribution in [0.1, 0.15) is 24.3 Å². The van der Waals surface area contributed by atoms with Gasteiger partial charge in [-0.25, -0.2) is 0 Å². The molecule has 17 heavy (non-hydrogen) atoms. The van der Waals surface area contributed by atoms with Crippen LogP contribution >= 0.6 is 11.3 Å². The summed E-state index contributed by atoms with van der Waals surface area (Å²) in [6, 6.07) is 2.75. The minimum atomic E-state index is -0.602. The van der Waals surface area contributed by atoms with E-state index in [2.05, 4.69) is 10.1 Å². The van der Waals surface area contributed by atoms with Crippen molar-refractivity contribution in [3.63, 3.8) is 0 Å². The maximum absolute atomic E-state index is 11.5. The van der Waals surface area contributed by atoms with Crippen molar-refractivity contribution in [2.24, 2.45) is 5.73 Å². The van der Waals surface area contributed by atoms with Crippen molar-refractivity contribution in [1.29, 1.82) is 0 Å². The summed E-state index contributed by atoms with van der Waals surface area (Å²) < 4.78 is 4.60. The van der Waals surface area contributed by atoms with Gasteiger partial charge in [0.2, 0.25) is 5.91 Å². The summed E-state index contributed by atoms with van der Waals surface area (Å²) >= 11 is 1.47. The van der Waals surface area contributed by atoms with Crippen LogP contribution in [0.4, 0.5) is 0 Å². The van der Waals surface area contributed by atoms with Gasteiger partial charge in [0, 0.05) is 4.88 Å². The van der Waals surface area contributed by atoms with Crippen molar-refractivity contribution in [3.05, 3.63) is 22.4 Å². The molecule has 0 aromatic carbocycles. The molecule has 0 saturated heterocycles. The third kappa shape index (κ3) is 4.16. The Kier molecular flexibility index (Phi) is 5.11. The zero-order valence-electron chi connectivity index (χ0n) is 9.80. The lowest BCUT2D eigenvalue weighted by atomic mass is 10.1. The van der Waals surface area contributed by atoms with Gasteiger partial charge in [-0.2, -0.15) is 0 Å². The number of rotatable bonds is 5. The van der Waals surface area contributed by atoms with Gasteiger partial charge in [0.05, 0.1) is 25.6 Å². The second-order valence-electron chi connectivity index (χ2n) is 3.65. The average molecular weight is 256 g/mol. The predicted octanol–water partition coefficient (Wildman–Crippen LogP) is 0.816. The maximum atomic E-state index is 11.5. The van der Waals surface area contributed by atoms with Crippen LogP contribution in [0, 0.1) is 0 Å². The van der Waals surface area contributed by atoms with Crippen molar-refractivity contribution in [2.75, 3.05) is 7.11 Å². The summed E-state index contributed by atoms with van der Waals surface area (Å²) in [5, 5.41) is 4.62. The van der Waals surface area contributed by atoms with Crippen LogP contribution in [-0.2, 0) is 14.3 Å². The van der Waals surface area contributed by atoms with Crippen LogP contribution in [-0.4, -0.2) is 25.0 Å². The van der Waals surface area contributed by atoms with E-state index >= 15 is 0 Å². The first-order valence-electron chi connectivity index (χ1n) is 5.20. The zero-order valence-corrected chi connectivity index (χ0v) is 10.6. The molecule has 0 fully saturated rings. The summed E-state index contributed by atoms with van der Waals surface area (Å²) in [6.45, 7) is 1.60. The molecule has 0 spiro atoms. The number of esters is 1. The Morgan fingerprint density at radius 1 is 1.59 bits per heavy atom. The summed E-state index contributed by atoms with van der Waals surface area (Å²) in [5.74, 6) is -0.652. The van der Waals surface area contributed by atoms with E-state index in [1.165, 1.54) is 18.4 Å².